The maximum atomic E-state index is 13.2. The zero-order chi connectivity index (χ0) is 25.7. The Hall–Kier alpha value is -3.60. The van der Waals surface area contributed by atoms with Crippen LogP contribution in [0.25, 0.3) is 0 Å². The number of hydrogen-bond acceptors (Lipinski definition) is 3. The molecule has 0 saturated heterocycles. The second kappa shape index (κ2) is 11.4. The van der Waals surface area contributed by atoms with Crippen LogP contribution < -0.4 is 4.74 Å². The van der Waals surface area contributed by atoms with Crippen LogP contribution in [0, 0.1) is 5.92 Å². The quantitative estimate of drug-likeness (QED) is 0.416. The van der Waals surface area contributed by atoms with Crippen molar-refractivity contribution in [2.45, 2.75) is 52.3 Å². The van der Waals surface area contributed by atoms with E-state index in [4.69, 9.17) is 4.74 Å². The normalized spacial score (nSPS) is 15.8. The van der Waals surface area contributed by atoms with Crippen molar-refractivity contribution < 1.29 is 14.3 Å². The van der Waals surface area contributed by atoms with E-state index in [2.05, 4.69) is 32.0 Å². The minimum atomic E-state index is -0.630. The van der Waals surface area contributed by atoms with Crippen molar-refractivity contribution in [1.29, 1.82) is 0 Å². The molecule has 0 aromatic heterocycles. The molecule has 5 nitrogen and oxygen atoms in total. The van der Waals surface area contributed by atoms with E-state index >= 15 is 0 Å². The predicted molar refractivity (Wildman–Crippen MR) is 143 cm³/mol. The average Bonchev–Trinajstić information content (AvgIpc) is 2.88. The predicted octanol–water partition coefficient (Wildman–Crippen LogP) is 5.63. The lowest BCUT2D eigenvalue weighted by atomic mass is 9.87. The third-order valence-corrected chi connectivity index (χ3v) is 6.66. The molecular formula is C31H36N2O3. The minimum Gasteiger partial charge on any atom is -0.481 e. The minimum absolute atomic E-state index is 0.0788. The zero-order valence-electron chi connectivity index (χ0n) is 21.7. The molecule has 0 aliphatic carbocycles. The first-order valence-corrected chi connectivity index (χ1v) is 12.8. The Morgan fingerprint density at radius 3 is 2.31 bits per heavy atom. The number of carbonyl (C=O) groups excluding carboxylic acids is 2. The maximum Gasteiger partial charge on any atom is 0.263 e. The fourth-order valence-corrected chi connectivity index (χ4v) is 4.90. The van der Waals surface area contributed by atoms with Crippen molar-refractivity contribution in [3.63, 3.8) is 0 Å². The lowest BCUT2D eigenvalue weighted by Gasteiger charge is -2.38. The van der Waals surface area contributed by atoms with Gasteiger partial charge in [0.05, 0.1) is 6.04 Å². The lowest BCUT2D eigenvalue weighted by molar-refractivity contribution is -0.137. The SMILES string of the molecule is CC(C)CC(=O)N1CCc2ccc(OC(C)C(=O)N(C)Cc3ccccc3)cc2C1c1ccccc1. The van der Waals surface area contributed by atoms with Crippen molar-refractivity contribution >= 4 is 11.8 Å². The molecule has 0 saturated carbocycles. The Labute approximate surface area is 214 Å². The molecule has 0 bridgehead atoms. The molecular weight excluding hydrogens is 448 g/mol. The Bertz CT molecular complexity index is 1180. The first kappa shape index (κ1) is 25.5. The summed E-state index contributed by atoms with van der Waals surface area (Å²) in [6.07, 6.45) is 0.694. The summed E-state index contributed by atoms with van der Waals surface area (Å²) in [5, 5.41) is 0. The number of amides is 2. The highest BCUT2D eigenvalue weighted by molar-refractivity contribution is 5.80. The molecule has 5 heteroatoms. The van der Waals surface area contributed by atoms with Gasteiger partial charge >= 0.3 is 0 Å². The molecule has 0 N–H and O–H groups in total. The second-order valence-electron chi connectivity index (χ2n) is 10.0. The number of fused-ring (bicyclic) bond motifs is 1. The Balaban J connectivity index is 1.56. The fourth-order valence-electron chi connectivity index (χ4n) is 4.90. The van der Waals surface area contributed by atoms with Crippen molar-refractivity contribution in [1.82, 2.24) is 9.80 Å². The Morgan fingerprint density at radius 1 is 0.972 bits per heavy atom. The molecule has 3 aromatic rings. The van der Waals surface area contributed by atoms with E-state index < -0.39 is 6.10 Å². The Kier molecular flexibility index (Phi) is 8.09. The van der Waals surface area contributed by atoms with Crippen LogP contribution in [0.2, 0.25) is 0 Å². The van der Waals surface area contributed by atoms with Gasteiger partial charge in [-0.25, -0.2) is 0 Å². The average molecular weight is 485 g/mol. The first-order valence-electron chi connectivity index (χ1n) is 12.8. The number of nitrogens with zero attached hydrogens (tertiary/aromatic N) is 2. The summed E-state index contributed by atoms with van der Waals surface area (Å²) >= 11 is 0. The second-order valence-corrected chi connectivity index (χ2v) is 10.0. The molecule has 3 aromatic carbocycles. The summed E-state index contributed by atoms with van der Waals surface area (Å²) in [7, 11) is 1.80. The summed E-state index contributed by atoms with van der Waals surface area (Å²) < 4.78 is 6.15. The van der Waals surface area contributed by atoms with E-state index in [1.54, 1.807) is 18.9 Å². The molecule has 0 spiro atoms. The van der Waals surface area contributed by atoms with Gasteiger partial charge in [-0.15, -0.1) is 0 Å². The molecule has 4 rings (SSSR count). The third-order valence-electron chi connectivity index (χ3n) is 6.66. The van der Waals surface area contributed by atoms with E-state index in [0.29, 0.717) is 31.2 Å². The van der Waals surface area contributed by atoms with Crippen LogP contribution in [-0.4, -0.2) is 41.3 Å². The highest BCUT2D eigenvalue weighted by Gasteiger charge is 2.32. The number of carbonyl (C=O) groups is 2. The molecule has 2 amide bonds. The lowest BCUT2D eigenvalue weighted by Crippen LogP contribution is -2.41. The monoisotopic (exact) mass is 484 g/mol. The zero-order valence-corrected chi connectivity index (χ0v) is 21.7. The molecule has 1 aliphatic rings. The van der Waals surface area contributed by atoms with Gasteiger partial charge in [-0.2, -0.15) is 0 Å². The van der Waals surface area contributed by atoms with Gasteiger partial charge in [0.1, 0.15) is 5.75 Å². The number of hydrogen-bond donors (Lipinski definition) is 0. The molecule has 188 valence electrons. The number of benzene rings is 3. The summed E-state index contributed by atoms with van der Waals surface area (Å²) in [5.41, 5.74) is 4.44. The summed E-state index contributed by atoms with van der Waals surface area (Å²) in [6, 6.07) is 26.0. The molecule has 0 fully saturated rings. The van der Waals surface area contributed by atoms with E-state index in [9.17, 15) is 9.59 Å². The van der Waals surface area contributed by atoms with Crippen molar-refractivity contribution in [3.05, 3.63) is 101 Å². The third kappa shape index (κ3) is 5.96. The number of likely N-dealkylation sites (N-methyl/N-ethyl adjacent to an activating group) is 1. The highest BCUT2D eigenvalue weighted by Crippen LogP contribution is 2.38. The first-order chi connectivity index (χ1) is 17.3. The molecule has 1 aliphatic heterocycles. The van der Waals surface area contributed by atoms with Crippen LogP contribution in [0.1, 0.15) is 55.5 Å². The summed E-state index contributed by atoms with van der Waals surface area (Å²) in [5.74, 6) is 1.03. The van der Waals surface area contributed by atoms with E-state index in [-0.39, 0.29) is 17.9 Å². The van der Waals surface area contributed by atoms with Gasteiger partial charge in [0, 0.05) is 26.6 Å². The van der Waals surface area contributed by atoms with Gasteiger partial charge < -0.3 is 14.5 Å². The van der Waals surface area contributed by atoms with Gasteiger partial charge in [0.15, 0.2) is 6.10 Å². The van der Waals surface area contributed by atoms with Crippen molar-refractivity contribution in [2.75, 3.05) is 13.6 Å². The standard InChI is InChI=1S/C31H36N2O3/c1-22(2)19-29(34)33-18-17-25-15-16-27(20-28(25)30(33)26-13-9-6-10-14-26)36-23(3)31(35)32(4)21-24-11-7-5-8-12-24/h5-16,20,22-23,30H,17-19,21H2,1-4H3. The van der Waals surface area contributed by atoms with Gasteiger partial charge in [0.2, 0.25) is 5.91 Å². The van der Waals surface area contributed by atoms with Crippen LogP contribution in [0.15, 0.2) is 78.9 Å². The largest absolute Gasteiger partial charge is 0.481 e. The number of ether oxygens (including phenoxy) is 1. The van der Waals surface area contributed by atoms with E-state index in [1.807, 2.05) is 65.6 Å². The Morgan fingerprint density at radius 2 is 1.64 bits per heavy atom. The van der Waals surface area contributed by atoms with Crippen molar-refractivity contribution in [3.8, 4) is 5.75 Å². The molecule has 1 heterocycles. The smallest absolute Gasteiger partial charge is 0.263 e. The summed E-state index contributed by atoms with van der Waals surface area (Å²) in [4.78, 5) is 29.9. The maximum absolute atomic E-state index is 13.2. The van der Waals surface area contributed by atoms with Gasteiger partial charge in [-0.05, 0) is 53.6 Å². The van der Waals surface area contributed by atoms with Gasteiger partial charge in [-0.3, -0.25) is 9.59 Å². The van der Waals surface area contributed by atoms with Gasteiger partial charge in [0.25, 0.3) is 5.91 Å². The highest BCUT2D eigenvalue weighted by atomic mass is 16.5. The molecule has 2 atom stereocenters. The van der Waals surface area contributed by atoms with E-state index in [1.165, 1.54) is 5.56 Å². The molecule has 0 radical (unpaired) electrons. The number of rotatable bonds is 8. The van der Waals surface area contributed by atoms with Crippen LogP contribution >= 0.6 is 0 Å². The van der Waals surface area contributed by atoms with Crippen LogP contribution in [0.3, 0.4) is 0 Å². The molecule has 2 unspecified atom stereocenters. The fraction of sp³-hybridized carbons (Fsp3) is 0.355. The summed E-state index contributed by atoms with van der Waals surface area (Å²) in [6.45, 7) is 7.16. The van der Waals surface area contributed by atoms with Crippen LogP contribution in [-0.2, 0) is 22.6 Å². The van der Waals surface area contributed by atoms with E-state index in [0.717, 1.165) is 23.1 Å². The van der Waals surface area contributed by atoms with Crippen LogP contribution in [0.4, 0.5) is 0 Å². The van der Waals surface area contributed by atoms with Crippen molar-refractivity contribution in [2.24, 2.45) is 5.92 Å². The van der Waals surface area contributed by atoms with Gasteiger partial charge in [-0.1, -0.05) is 80.6 Å². The molecule has 36 heavy (non-hydrogen) atoms. The topological polar surface area (TPSA) is 49.9 Å². The van der Waals surface area contributed by atoms with Crippen LogP contribution in [0.5, 0.6) is 5.75 Å².